The molecule has 8 heteroatoms. The second-order valence-electron chi connectivity index (χ2n) is 2.31. The van der Waals surface area contributed by atoms with Crippen molar-refractivity contribution in [2.75, 3.05) is 0 Å². The minimum atomic E-state index is -4.32. The van der Waals surface area contributed by atoms with Gasteiger partial charge in [0, 0.05) is 0 Å². The van der Waals surface area contributed by atoms with Gasteiger partial charge in [-0.05, 0) is 18.2 Å². The topological polar surface area (TPSA) is 91.7 Å². The zero-order valence-corrected chi connectivity index (χ0v) is 13.2. The summed E-state index contributed by atoms with van der Waals surface area (Å²) in [5.74, 6) is -1.24. The van der Waals surface area contributed by atoms with E-state index in [1.54, 1.807) is 0 Å². The van der Waals surface area contributed by atoms with Crippen LogP contribution >= 0.6 is 0 Å². The van der Waals surface area contributed by atoms with Crippen molar-refractivity contribution >= 4 is 16.1 Å². The van der Waals surface area contributed by atoms with Crippen molar-refractivity contribution in [2.45, 2.75) is 4.90 Å². The van der Waals surface area contributed by atoms with Crippen LogP contribution in [0.2, 0.25) is 0 Å². The van der Waals surface area contributed by atoms with Crippen molar-refractivity contribution in [1.29, 1.82) is 0 Å². The van der Waals surface area contributed by atoms with Crippen LogP contribution in [0.5, 0.6) is 0 Å². The number of carboxylic acids is 1. The fraction of sp³-hybridized carbons (Fsp3) is 0. The average molecular weight is 250 g/mol. The molecule has 15 heavy (non-hydrogen) atoms. The van der Waals surface area contributed by atoms with Crippen LogP contribution in [0.15, 0.2) is 29.2 Å². The molecule has 0 aromatic heterocycles. The van der Waals surface area contributed by atoms with E-state index in [1.807, 2.05) is 0 Å². The van der Waals surface area contributed by atoms with E-state index < -0.39 is 21.0 Å². The van der Waals surface area contributed by atoms with E-state index in [2.05, 4.69) is 0 Å². The van der Waals surface area contributed by atoms with Crippen molar-refractivity contribution in [3.8, 4) is 0 Å². The van der Waals surface area contributed by atoms with Crippen LogP contribution in [0.3, 0.4) is 0 Å². The number of hydrogen-bond acceptors (Lipinski definition) is 3. The average Bonchev–Trinajstić information content (AvgIpc) is 2.03. The SMILES string of the molecule is O=C(O)c1cccc(S(=O)(=O)O)c1.[H-].[H-].[Na+].[Na+]. The zero-order chi connectivity index (χ0) is 10.1. The molecule has 2 N–H and O–H groups in total. The third-order valence-electron chi connectivity index (χ3n) is 1.38. The molecular weight excluding hydrogens is 242 g/mol. The summed E-state index contributed by atoms with van der Waals surface area (Å²) in [6.07, 6.45) is 0. The van der Waals surface area contributed by atoms with Crippen LogP contribution in [-0.4, -0.2) is 24.0 Å². The molecule has 1 aromatic carbocycles. The Morgan fingerprint density at radius 3 is 2.20 bits per heavy atom. The van der Waals surface area contributed by atoms with Crippen LogP contribution in [0.25, 0.3) is 0 Å². The Labute approximate surface area is 134 Å². The number of carbonyl (C=O) groups is 1. The van der Waals surface area contributed by atoms with Crippen molar-refractivity contribution in [3.63, 3.8) is 0 Å². The molecule has 0 unspecified atom stereocenters. The molecule has 74 valence electrons. The molecular formula is C7H8Na2O5S. The fourth-order valence-electron chi connectivity index (χ4n) is 0.790. The minimum absolute atomic E-state index is 0. The molecule has 0 amide bonds. The third-order valence-corrected chi connectivity index (χ3v) is 2.23. The maximum absolute atomic E-state index is 10.6. The molecule has 0 aliphatic carbocycles. The predicted octanol–water partition coefficient (Wildman–Crippen LogP) is -5.14. The molecule has 0 aliphatic heterocycles. The molecule has 0 heterocycles. The van der Waals surface area contributed by atoms with E-state index in [0.29, 0.717) is 0 Å². The van der Waals surface area contributed by atoms with Crippen LogP contribution in [0.4, 0.5) is 0 Å². The first-order valence-electron chi connectivity index (χ1n) is 3.22. The molecule has 0 radical (unpaired) electrons. The molecule has 0 bridgehead atoms. The smallest absolute Gasteiger partial charge is 1.00 e. The monoisotopic (exact) mass is 250 g/mol. The van der Waals surface area contributed by atoms with Crippen molar-refractivity contribution in [3.05, 3.63) is 29.8 Å². The van der Waals surface area contributed by atoms with E-state index in [9.17, 15) is 13.2 Å². The van der Waals surface area contributed by atoms with Gasteiger partial charge in [0.2, 0.25) is 0 Å². The molecule has 0 spiro atoms. The van der Waals surface area contributed by atoms with E-state index >= 15 is 0 Å². The van der Waals surface area contributed by atoms with E-state index in [-0.39, 0.29) is 67.5 Å². The Kier molecular flexibility index (Phi) is 8.43. The van der Waals surface area contributed by atoms with Crippen molar-refractivity contribution < 1.29 is 84.8 Å². The largest absolute Gasteiger partial charge is 1.00 e. The van der Waals surface area contributed by atoms with Gasteiger partial charge in [-0.3, -0.25) is 4.55 Å². The normalized spacial score (nSPS) is 9.67. The standard InChI is InChI=1S/C7H6O5S.2Na.2H/c8-7(9)5-2-1-3-6(4-5)13(10,11)12;;;;/h1-4H,(H,8,9)(H,10,11,12);;;;/q;2*+1;2*-1. The molecule has 0 saturated heterocycles. The second-order valence-corrected chi connectivity index (χ2v) is 3.73. The Balaban J connectivity index is -0.000000211. The molecule has 0 atom stereocenters. The van der Waals surface area contributed by atoms with E-state index in [1.165, 1.54) is 12.1 Å². The molecule has 0 fully saturated rings. The zero-order valence-electron chi connectivity index (χ0n) is 10.3. The summed E-state index contributed by atoms with van der Waals surface area (Å²) in [5.41, 5.74) is -0.185. The summed E-state index contributed by atoms with van der Waals surface area (Å²) < 4.78 is 29.7. The number of hydrogen-bond donors (Lipinski definition) is 2. The van der Waals surface area contributed by atoms with E-state index in [4.69, 9.17) is 9.66 Å². The van der Waals surface area contributed by atoms with Gasteiger partial charge in [-0.2, -0.15) is 8.42 Å². The number of benzene rings is 1. The van der Waals surface area contributed by atoms with Crippen molar-refractivity contribution in [1.82, 2.24) is 0 Å². The third kappa shape index (κ3) is 5.46. The molecule has 1 aromatic rings. The summed E-state index contributed by atoms with van der Waals surface area (Å²) in [7, 11) is -4.32. The van der Waals surface area contributed by atoms with Gasteiger partial charge in [-0.15, -0.1) is 0 Å². The maximum Gasteiger partial charge on any atom is 1.00 e. The van der Waals surface area contributed by atoms with Crippen LogP contribution in [0.1, 0.15) is 13.2 Å². The molecule has 5 nitrogen and oxygen atoms in total. The van der Waals surface area contributed by atoms with Crippen LogP contribution < -0.4 is 59.1 Å². The fourth-order valence-corrected chi connectivity index (χ4v) is 1.32. The van der Waals surface area contributed by atoms with Gasteiger partial charge in [-0.25, -0.2) is 4.79 Å². The van der Waals surface area contributed by atoms with Crippen LogP contribution in [0, 0.1) is 0 Å². The first-order valence-corrected chi connectivity index (χ1v) is 4.66. The summed E-state index contributed by atoms with van der Waals surface area (Å²) >= 11 is 0. The first-order chi connectivity index (χ1) is 5.91. The Hall–Kier alpha value is 0.600. The Morgan fingerprint density at radius 2 is 1.80 bits per heavy atom. The quantitative estimate of drug-likeness (QED) is 0.404. The van der Waals surface area contributed by atoms with Crippen molar-refractivity contribution in [2.24, 2.45) is 0 Å². The van der Waals surface area contributed by atoms with Gasteiger partial charge in [-0.1, -0.05) is 6.07 Å². The van der Waals surface area contributed by atoms with Gasteiger partial charge in [0.05, 0.1) is 10.5 Å². The Morgan fingerprint density at radius 1 is 1.27 bits per heavy atom. The number of rotatable bonds is 2. The second kappa shape index (κ2) is 7.03. The summed E-state index contributed by atoms with van der Waals surface area (Å²) in [4.78, 5) is 9.98. The predicted molar refractivity (Wildman–Crippen MR) is 45.4 cm³/mol. The van der Waals surface area contributed by atoms with E-state index in [0.717, 1.165) is 12.1 Å². The van der Waals surface area contributed by atoms with Gasteiger partial charge >= 0.3 is 65.1 Å². The summed E-state index contributed by atoms with van der Waals surface area (Å²) in [6.45, 7) is 0. The van der Waals surface area contributed by atoms with Gasteiger partial charge in [0.25, 0.3) is 10.1 Å². The van der Waals surface area contributed by atoms with Gasteiger partial charge in [0.15, 0.2) is 0 Å². The van der Waals surface area contributed by atoms with Gasteiger partial charge in [0.1, 0.15) is 0 Å². The number of carboxylic acid groups (broad SMARTS) is 1. The van der Waals surface area contributed by atoms with Gasteiger partial charge < -0.3 is 7.96 Å². The summed E-state index contributed by atoms with van der Waals surface area (Å²) in [5, 5.41) is 8.50. The minimum Gasteiger partial charge on any atom is -1.00 e. The first kappa shape index (κ1) is 18.0. The Bertz CT molecular complexity index is 451. The summed E-state index contributed by atoms with van der Waals surface area (Å²) in [6, 6.07) is 4.48. The maximum atomic E-state index is 10.6. The van der Waals surface area contributed by atoms with Crippen LogP contribution in [-0.2, 0) is 10.1 Å². The molecule has 1 rings (SSSR count). The number of aromatic carboxylic acids is 1. The molecule has 0 saturated carbocycles. The molecule has 0 aliphatic rings.